The van der Waals surface area contributed by atoms with Gasteiger partial charge in [0.1, 0.15) is 5.69 Å². The Morgan fingerprint density at radius 2 is 2.08 bits per heavy atom. The van der Waals surface area contributed by atoms with E-state index in [9.17, 15) is 13.6 Å². The van der Waals surface area contributed by atoms with Gasteiger partial charge >= 0.3 is 5.38 Å². The third-order valence-electron chi connectivity index (χ3n) is 1.25. The van der Waals surface area contributed by atoms with Gasteiger partial charge in [-0.3, -0.25) is 4.79 Å². The average molecular weight is 195 g/mol. The van der Waals surface area contributed by atoms with Gasteiger partial charge in [0.25, 0.3) is 5.56 Å². The molecule has 0 amide bonds. The van der Waals surface area contributed by atoms with Gasteiger partial charge in [0.2, 0.25) is 0 Å². The molecule has 0 spiro atoms. The van der Waals surface area contributed by atoms with Gasteiger partial charge in [-0.25, -0.2) is 0 Å². The van der Waals surface area contributed by atoms with Crippen molar-refractivity contribution in [1.82, 2.24) is 4.98 Å². The van der Waals surface area contributed by atoms with Crippen molar-refractivity contribution < 1.29 is 8.78 Å². The Morgan fingerprint density at radius 3 is 2.50 bits per heavy atom. The number of nitrogen functional groups attached to an aromatic ring is 1. The van der Waals surface area contributed by atoms with Crippen molar-refractivity contribution in [2.24, 2.45) is 0 Å². The summed E-state index contributed by atoms with van der Waals surface area (Å²) >= 11 is 4.64. The van der Waals surface area contributed by atoms with E-state index in [0.29, 0.717) is 0 Å². The Kier molecular flexibility index (Phi) is 2.06. The Labute approximate surface area is 71.2 Å². The van der Waals surface area contributed by atoms with Gasteiger partial charge in [0.05, 0.1) is 5.69 Å². The van der Waals surface area contributed by atoms with E-state index in [1.807, 2.05) is 4.98 Å². The first-order valence-electron chi connectivity index (χ1n) is 2.97. The van der Waals surface area contributed by atoms with Crippen molar-refractivity contribution >= 4 is 17.3 Å². The van der Waals surface area contributed by atoms with Crippen LogP contribution in [0.3, 0.4) is 0 Å². The van der Waals surface area contributed by atoms with Gasteiger partial charge < -0.3 is 10.7 Å². The number of alkyl halides is 3. The van der Waals surface area contributed by atoms with Crippen LogP contribution in [0.4, 0.5) is 14.5 Å². The fraction of sp³-hybridized carbons (Fsp3) is 0.167. The van der Waals surface area contributed by atoms with Crippen LogP contribution in [0.5, 0.6) is 0 Å². The molecule has 3 N–H and O–H groups in total. The molecule has 0 atom stereocenters. The van der Waals surface area contributed by atoms with Gasteiger partial charge in [-0.2, -0.15) is 8.78 Å². The number of H-pyrrole nitrogens is 1. The highest BCUT2D eigenvalue weighted by atomic mass is 35.5. The van der Waals surface area contributed by atoms with Crippen LogP contribution in [0.1, 0.15) is 5.69 Å². The minimum absolute atomic E-state index is 0.125. The highest BCUT2D eigenvalue weighted by molar-refractivity contribution is 6.21. The zero-order valence-electron chi connectivity index (χ0n) is 5.77. The van der Waals surface area contributed by atoms with E-state index in [-0.39, 0.29) is 5.69 Å². The number of halogens is 3. The van der Waals surface area contributed by atoms with Crippen molar-refractivity contribution in [3.63, 3.8) is 0 Å². The van der Waals surface area contributed by atoms with Crippen LogP contribution in [0.15, 0.2) is 16.9 Å². The third kappa shape index (κ3) is 1.73. The summed E-state index contributed by atoms with van der Waals surface area (Å²) in [5.41, 5.74) is 3.54. The molecule has 6 heteroatoms. The third-order valence-corrected chi connectivity index (χ3v) is 1.45. The van der Waals surface area contributed by atoms with E-state index in [4.69, 9.17) is 5.73 Å². The van der Waals surface area contributed by atoms with Gasteiger partial charge in [0.15, 0.2) is 0 Å². The first kappa shape index (κ1) is 8.99. The maximum Gasteiger partial charge on any atom is 0.362 e. The van der Waals surface area contributed by atoms with E-state index in [2.05, 4.69) is 11.6 Å². The molecular formula is C6H5ClF2N2O. The predicted octanol–water partition coefficient (Wildman–Crippen LogP) is 1.25. The van der Waals surface area contributed by atoms with E-state index < -0.39 is 16.6 Å². The molecule has 0 aliphatic carbocycles. The van der Waals surface area contributed by atoms with Gasteiger partial charge in [-0.1, -0.05) is 0 Å². The number of rotatable bonds is 1. The van der Waals surface area contributed by atoms with Crippen LogP contribution >= 0.6 is 11.6 Å². The van der Waals surface area contributed by atoms with Crippen molar-refractivity contribution in [3.8, 4) is 0 Å². The van der Waals surface area contributed by atoms with E-state index in [0.717, 1.165) is 12.1 Å². The summed E-state index contributed by atoms with van der Waals surface area (Å²) < 4.78 is 24.6. The largest absolute Gasteiger partial charge is 0.394 e. The molecule has 12 heavy (non-hydrogen) atoms. The molecule has 0 saturated carbocycles. The molecule has 0 saturated heterocycles. The fourth-order valence-electron chi connectivity index (χ4n) is 0.650. The zero-order valence-corrected chi connectivity index (χ0v) is 6.53. The summed E-state index contributed by atoms with van der Waals surface area (Å²) in [6, 6.07) is 2.04. The lowest BCUT2D eigenvalue weighted by Gasteiger charge is -2.06. The number of hydrogen-bond donors (Lipinski definition) is 2. The number of anilines is 1. The molecule has 1 rings (SSSR count). The highest BCUT2D eigenvalue weighted by Crippen LogP contribution is 2.29. The SMILES string of the molecule is Nc1ccc(C(F)(F)Cl)[nH]c1=O. The molecule has 1 heterocycles. The number of nitrogens with two attached hydrogens (primary N) is 1. The Hall–Kier alpha value is -1.10. The van der Waals surface area contributed by atoms with Crippen molar-refractivity contribution in [2.45, 2.75) is 5.38 Å². The predicted molar refractivity (Wildman–Crippen MR) is 41.2 cm³/mol. The second-order valence-corrected chi connectivity index (χ2v) is 2.63. The lowest BCUT2D eigenvalue weighted by Crippen LogP contribution is -2.17. The highest BCUT2D eigenvalue weighted by Gasteiger charge is 2.28. The first-order chi connectivity index (χ1) is 5.41. The summed E-state index contributed by atoms with van der Waals surface area (Å²) in [7, 11) is 0. The second-order valence-electron chi connectivity index (χ2n) is 2.15. The number of hydrogen-bond acceptors (Lipinski definition) is 2. The van der Waals surface area contributed by atoms with E-state index in [1.165, 1.54) is 0 Å². The molecule has 3 nitrogen and oxygen atoms in total. The van der Waals surface area contributed by atoms with Gasteiger partial charge in [0, 0.05) is 0 Å². The number of aromatic amines is 1. The summed E-state index contributed by atoms with van der Waals surface area (Å²) in [5, 5.41) is -3.56. The normalized spacial score (nSPS) is 11.6. The molecular weight excluding hydrogens is 190 g/mol. The fourth-order valence-corrected chi connectivity index (χ4v) is 0.761. The Bertz CT molecular complexity index is 344. The van der Waals surface area contributed by atoms with Crippen molar-refractivity contribution in [3.05, 3.63) is 28.2 Å². The number of pyridine rings is 1. The standard InChI is InChI=1S/C6H5ClF2N2O/c7-6(8,9)4-2-1-3(10)5(12)11-4/h1-2H,10H2,(H,11,12). The van der Waals surface area contributed by atoms with Gasteiger partial charge in [-0.15, -0.1) is 0 Å². The summed E-state index contributed by atoms with van der Waals surface area (Å²) in [6.45, 7) is 0. The number of nitrogens with one attached hydrogen (secondary N) is 1. The molecule has 66 valence electrons. The molecule has 0 aliphatic heterocycles. The zero-order chi connectivity index (χ0) is 9.35. The average Bonchev–Trinajstić information content (AvgIpc) is 1.92. The van der Waals surface area contributed by atoms with Crippen molar-refractivity contribution in [2.75, 3.05) is 5.73 Å². The van der Waals surface area contributed by atoms with Crippen LogP contribution in [-0.2, 0) is 5.38 Å². The summed E-state index contributed by atoms with van der Waals surface area (Å²) in [6.07, 6.45) is 0. The smallest absolute Gasteiger partial charge is 0.362 e. The van der Waals surface area contributed by atoms with Crippen LogP contribution in [0, 0.1) is 0 Å². The van der Waals surface area contributed by atoms with Crippen LogP contribution in [0.25, 0.3) is 0 Å². The summed E-state index contributed by atoms with van der Waals surface area (Å²) in [5.74, 6) is 0. The molecule has 0 unspecified atom stereocenters. The number of aromatic nitrogens is 1. The van der Waals surface area contributed by atoms with E-state index in [1.54, 1.807) is 0 Å². The van der Waals surface area contributed by atoms with Crippen LogP contribution in [-0.4, -0.2) is 4.98 Å². The molecule has 1 aromatic rings. The van der Waals surface area contributed by atoms with Crippen LogP contribution in [0.2, 0.25) is 0 Å². The molecule has 0 aliphatic rings. The molecule has 0 fully saturated rings. The maximum absolute atomic E-state index is 12.3. The molecule has 0 aromatic carbocycles. The second kappa shape index (κ2) is 2.75. The lowest BCUT2D eigenvalue weighted by molar-refractivity contribution is 0.0898. The Morgan fingerprint density at radius 1 is 1.50 bits per heavy atom. The molecule has 0 radical (unpaired) electrons. The van der Waals surface area contributed by atoms with E-state index >= 15 is 0 Å². The maximum atomic E-state index is 12.3. The minimum atomic E-state index is -3.56. The summed E-state index contributed by atoms with van der Waals surface area (Å²) in [4.78, 5) is 12.6. The Balaban J connectivity index is 3.23. The quantitative estimate of drug-likeness (QED) is 0.661. The van der Waals surface area contributed by atoms with Crippen molar-refractivity contribution in [1.29, 1.82) is 0 Å². The monoisotopic (exact) mass is 194 g/mol. The lowest BCUT2D eigenvalue weighted by atomic mass is 10.3. The molecule has 0 bridgehead atoms. The first-order valence-corrected chi connectivity index (χ1v) is 3.35. The minimum Gasteiger partial charge on any atom is -0.394 e. The molecule has 1 aromatic heterocycles. The topological polar surface area (TPSA) is 58.9 Å². The van der Waals surface area contributed by atoms with Gasteiger partial charge in [-0.05, 0) is 23.7 Å². The van der Waals surface area contributed by atoms with Crippen LogP contribution < -0.4 is 11.3 Å².